The molecule has 0 bridgehead atoms. The highest BCUT2D eigenvalue weighted by Crippen LogP contribution is 2.54. The number of benzene rings is 1. The van der Waals surface area contributed by atoms with E-state index in [-0.39, 0.29) is 0 Å². The van der Waals surface area contributed by atoms with Crippen molar-refractivity contribution in [2.75, 3.05) is 13.7 Å². The molecule has 116 valence electrons. The van der Waals surface area contributed by atoms with Gasteiger partial charge in [-0.3, -0.25) is 0 Å². The Morgan fingerprint density at radius 2 is 2.10 bits per heavy atom. The molecule has 0 aromatic heterocycles. The van der Waals surface area contributed by atoms with Crippen LogP contribution in [0, 0.1) is 5.41 Å². The zero-order valence-corrected chi connectivity index (χ0v) is 13.2. The van der Waals surface area contributed by atoms with Crippen LogP contribution in [0.25, 0.3) is 0 Å². The number of ether oxygens (including phenoxy) is 2. The Balaban J connectivity index is 1.60. The summed E-state index contributed by atoms with van der Waals surface area (Å²) in [5.74, 6) is 0.936. The summed E-state index contributed by atoms with van der Waals surface area (Å²) in [6, 6.07) is 8.95. The highest BCUT2D eigenvalue weighted by atomic mass is 16.5. The van der Waals surface area contributed by atoms with Crippen LogP contribution in [0.2, 0.25) is 0 Å². The van der Waals surface area contributed by atoms with E-state index in [0.717, 1.165) is 25.3 Å². The van der Waals surface area contributed by atoms with Crippen LogP contribution in [-0.2, 0) is 11.3 Å². The molecule has 3 heteroatoms. The van der Waals surface area contributed by atoms with Crippen molar-refractivity contribution in [1.82, 2.24) is 5.32 Å². The minimum absolute atomic E-state index is 0.412. The van der Waals surface area contributed by atoms with Crippen molar-refractivity contribution >= 4 is 0 Å². The number of nitrogens with one attached hydrogen (secondary N) is 1. The molecule has 1 N–H and O–H groups in total. The molecule has 0 saturated heterocycles. The van der Waals surface area contributed by atoms with Crippen LogP contribution < -0.4 is 10.1 Å². The van der Waals surface area contributed by atoms with Gasteiger partial charge in [0.25, 0.3) is 0 Å². The average molecular weight is 289 g/mol. The van der Waals surface area contributed by atoms with Crippen molar-refractivity contribution in [3.8, 4) is 5.75 Å². The molecule has 2 fully saturated rings. The van der Waals surface area contributed by atoms with Gasteiger partial charge in [0.05, 0.1) is 13.2 Å². The van der Waals surface area contributed by atoms with Gasteiger partial charge in [-0.15, -0.1) is 0 Å². The van der Waals surface area contributed by atoms with Gasteiger partial charge in [-0.25, -0.2) is 0 Å². The monoisotopic (exact) mass is 289 g/mol. The lowest BCUT2D eigenvalue weighted by molar-refractivity contribution is -0.130. The Hall–Kier alpha value is -1.06. The molecule has 0 unspecified atom stereocenters. The Kier molecular flexibility index (Phi) is 4.51. The molecule has 0 heterocycles. The molecule has 1 aromatic rings. The molecule has 3 rings (SSSR count). The van der Waals surface area contributed by atoms with E-state index in [1.807, 2.05) is 6.07 Å². The zero-order valence-electron chi connectivity index (χ0n) is 13.2. The summed E-state index contributed by atoms with van der Waals surface area (Å²) in [5.41, 5.74) is 1.71. The van der Waals surface area contributed by atoms with Crippen molar-refractivity contribution in [1.29, 1.82) is 0 Å². The van der Waals surface area contributed by atoms with Crippen molar-refractivity contribution < 1.29 is 9.47 Å². The third kappa shape index (κ3) is 2.82. The number of hydrogen-bond acceptors (Lipinski definition) is 3. The predicted molar refractivity (Wildman–Crippen MR) is 84.6 cm³/mol. The van der Waals surface area contributed by atoms with Crippen LogP contribution in [0.5, 0.6) is 5.75 Å². The lowest BCUT2D eigenvalue weighted by atomic mass is 9.60. The fourth-order valence-corrected chi connectivity index (χ4v) is 4.20. The maximum Gasteiger partial charge on any atom is 0.119 e. The average Bonchev–Trinajstić information content (AvgIpc) is 3.03. The molecule has 2 atom stereocenters. The van der Waals surface area contributed by atoms with Crippen LogP contribution in [-0.4, -0.2) is 25.9 Å². The van der Waals surface area contributed by atoms with Crippen molar-refractivity contribution in [3.05, 3.63) is 29.8 Å². The molecular weight excluding hydrogens is 262 g/mol. The molecule has 0 aliphatic heterocycles. The topological polar surface area (TPSA) is 30.5 Å². The van der Waals surface area contributed by atoms with E-state index in [1.165, 1.54) is 31.2 Å². The van der Waals surface area contributed by atoms with Gasteiger partial charge in [-0.2, -0.15) is 0 Å². The van der Waals surface area contributed by atoms with Gasteiger partial charge in [-0.1, -0.05) is 25.0 Å². The Labute approximate surface area is 128 Å². The molecule has 2 aliphatic carbocycles. The first-order valence-electron chi connectivity index (χ1n) is 8.26. The van der Waals surface area contributed by atoms with Crippen LogP contribution in [0.4, 0.5) is 0 Å². The van der Waals surface area contributed by atoms with Gasteiger partial charge in [0.2, 0.25) is 0 Å². The van der Waals surface area contributed by atoms with Gasteiger partial charge in [-0.05, 0) is 43.9 Å². The molecule has 3 nitrogen and oxygen atoms in total. The van der Waals surface area contributed by atoms with Gasteiger partial charge >= 0.3 is 0 Å². The van der Waals surface area contributed by atoms with Gasteiger partial charge < -0.3 is 14.8 Å². The van der Waals surface area contributed by atoms with E-state index in [9.17, 15) is 0 Å². The second kappa shape index (κ2) is 6.37. The third-order valence-corrected chi connectivity index (χ3v) is 5.37. The SMILES string of the molecule is CCO[C@@H]1C[C@@H](NCc2cccc(OC)c2)C12CCCC2. The summed E-state index contributed by atoms with van der Waals surface area (Å²) in [6.45, 7) is 3.87. The van der Waals surface area contributed by atoms with Crippen LogP contribution in [0.3, 0.4) is 0 Å². The fraction of sp³-hybridized carbons (Fsp3) is 0.667. The fourth-order valence-electron chi connectivity index (χ4n) is 4.20. The van der Waals surface area contributed by atoms with E-state index >= 15 is 0 Å². The summed E-state index contributed by atoms with van der Waals surface area (Å²) in [5, 5.41) is 3.77. The quantitative estimate of drug-likeness (QED) is 0.869. The van der Waals surface area contributed by atoms with E-state index in [1.54, 1.807) is 7.11 Å². The number of methoxy groups -OCH3 is 1. The third-order valence-electron chi connectivity index (χ3n) is 5.37. The van der Waals surface area contributed by atoms with E-state index < -0.39 is 0 Å². The molecule has 1 aromatic carbocycles. The first-order valence-corrected chi connectivity index (χ1v) is 8.26. The summed E-state index contributed by atoms with van der Waals surface area (Å²) < 4.78 is 11.3. The van der Waals surface area contributed by atoms with Gasteiger partial charge in [0.1, 0.15) is 5.75 Å². The largest absolute Gasteiger partial charge is 0.497 e. The number of rotatable bonds is 6. The highest BCUT2D eigenvalue weighted by Gasteiger charge is 2.56. The molecule has 21 heavy (non-hydrogen) atoms. The first kappa shape index (κ1) is 14.9. The van der Waals surface area contributed by atoms with Crippen molar-refractivity contribution in [2.45, 2.75) is 57.7 Å². The maximum absolute atomic E-state index is 5.97. The normalized spacial score (nSPS) is 26.8. The summed E-state index contributed by atoms with van der Waals surface area (Å²) in [4.78, 5) is 0. The van der Waals surface area contributed by atoms with Gasteiger partial charge in [0, 0.05) is 24.6 Å². The van der Waals surface area contributed by atoms with E-state index in [2.05, 4.69) is 30.4 Å². The lowest BCUT2D eigenvalue weighted by Crippen LogP contribution is -2.62. The summed E-state index contributed by atoms with van der Waals surface area (Å²) in [7, 11) is 1.72. The molecular formula is C18H27NO2. The minimum Gasteiger partial charge on any atom is -0.497 e. The Bertz CT molecular complexity index is 468. The maximum atomic E-state index is 5.97. The van der Waals surface area contributed by atoms with Crippen LogP contribution >= 0.6 is 0 Å². The van der Waals surface area contributed by atoms with Crippen LogP contribution in [0.15, 0.2) is 24.3 Å². The van der Waals surface area contributed by atoms with Crippen molar-refractivity contribution in [3.63, 3.8) is 0 Å². The lowest BCUT2D eigenvalue weighted by Gasteiger charge is -2.54. The first-order chi connectivity index (χ1) is 10.3. The second-order valence-corrected chi connectivity index (χ2v) is 6.40. The number of hydrogen-bond donors (Lipinski definition) is 1. The van der Waals surface area contributed by atoms with Gasteiger partial charge in [0.15, 0.2) is 0 Å². The van der Waals surface area contributed by atoms with Crippen LogP contribution in [0.1, 0.15) is 44.6 Å². The smallest absolute Gasteiger partial charge is 0.119 e. The van der Waals surface area contributed by atoms with E-state index in [0.29, 0.717) is 17.6 Å². The zero-order chi connectivity index (χ0) is 14.7. The highest BCUT2D eigenvalue weighted by molar-refractivity contribution is 5.28. The Morgan fingerprint density at radius 3 is 2.81 bits per heavy atom. The Morgan fingerprint density at radius 1 is 1.29 bits per heavy atom. The van der Waals surface area contributed by atoms with E-state index in [4.69, 9.17) is 9.47 Å². The molecule has 0 radical (unpaired) electrons. The molecule has 2 aliphatic rings. The standard InChI is InChI=1S/C18H27NO2/c1-3-21-17-12-16(18(17)9-4-5-10-18)19-13-14-7-6-8-15(11-14)20-2/h6-8,11,16-17,19H,3-5,9-10,12-13H2,1-2H3/t16-,17-/m1/s1. The second-order valence-electron chi connectivity index (χ2n) is 6.40. The molecule has 0 amide bonds. The summed E-state index contributed by atoms with van der Waals surface area (Å²) in [6.07, 6.45) is 7.02. The van der Waals surface area contributed by atoms with Crippen molar-refractivity contribution in [2.24, 2.45) is 5.41 Å². The molecule has 1 spiro atoms. The predicted octanol–water partition coefficient (Wildman–Crippen LogP) is 3.52. The molecule has 2 saturated carbocycles. The minimum atomic E-state index is 0.412. The summed E-state index contributed by atoms with van der Waals surface area (Å²) >= 11 is 0.